The minimum absolute atomic E-state index is 0.0862. The molecule has 0 unspecified atom stereocenters. The average molecular weight is 275 g/mol. The van der Waals surface area contributed by atoms with Gasteiger partial charge in [-0.2, -0.15) is 0 Å². The minimum atomic E-state index is -3.46. The van der Waals surface area contributed by atoms with Crippen LogP contribution in [0.3, 0.4) is 0 Å². The zero-order valence-electron chi connectivity index (χ0n) is 9.86. The van der Waals surface area contributed by atoms with Gasteiger partial charge >= 0.3 is 0 Å². The maximum Gasteiger partial charge on any atom is 0.234 e. The van der Waals surface area contributed by atoms with Crippen LogP contribution >= 0.6 is 10.7 Å². The van der Waals surface area contributed by atoms with E-state index in [0.717, 1.165) is 0 Å². The molecule has 0 aromatic heterocycles. The lowest BCUT2D eigenvalue weighted by atomic mass is 10.1. The highest BCUT2D eigenvalue weighted by molar-refractivity contribution is 8.13. The molecule has 0 spiro atoms. The molecule has 0 radical (unpaired) electrons. The summed E-state index contributed by atoms with van der Waals surface area (Å²) >= 11 is 0. The number of rotatable bonds is 9. The second-order valence-electron chi connectivity index (χ2n) is 3.87. The fraction of sp³-hybridized carbons (Fsp3) is 1.00. The topological polar surface area (TPSA) is 61.8 Å². The second kappa shape index (κ2) is 7.45. The van der Waals surface area contributed by atoms with Crippen molar-refractivity contribution in [3.63, 3.8) is 0 Å². The number of hydrogen-bond donors (Lipinski definition) is 0. The second-order valence-corrected chi connectivity index (χ2v) is 6.77. The largest absolute Gasteiger partial charge is 0.378 e. The fourth-order valence-electron chi connectivity index (χ4n) is 0.755. The van der Waals surface area contributed by atoms with E-state index in [1.807, 2.05) is 13.8 Å². The molecule has 0 atom stereocenters. The van der Waals surface area contributed by atoms with E-state index in [1.54, 1.807) is 7.11 Å². The Balaban J connectivity index is 3.35. The molecule has 0 aromatic rings. The van der Waals surface area contributed by atoms with Crippen molar-refractivity contribution >= 4 is 19.7 Å². The van der Waals surface area contributed by atoms with Gasteiger partial charge in [0.15, 0.2) is 0 Å². The van der Waals surface area contributed by atoms with E-state index < -0.39 is 9.05 Å². The lowest BCUT2D eigenvalue weighted by molar-refractivity contribution is -0.0604. The Morgan fingerprint density at radius 2 is 1.69 bits per heavy atom. The van der Waals surface area contributed by atoms with Crippen molar-refractivity contribution in [2.24, 2.45) is 0 Å². The summed E-state index contributed by atoms with van der Waals surface area (Å²) in [6.45, 7) is 5.10. The molecule has 0 heterocycles. The highest BCUT2D eigenvalue weighted by Gasteiger charge is 2.15. The van der Waals surface area contributed by atoms with Crippen molar-refractivity contribution in [3.05, 3.63) is 0 Å². The van der Waals surface area contributed by atoms with Crippen molar-refractivity contribution in [2.45, 2.75) is 19.4 Å². The molecule has 7 heteroatoms. The first-order valence-corrected chi connectivity index (χ1v) is 7.38. The van der Waals surface area contributed by atoms with E-state index in [4.69, 9.17) is 24.9 Å². The lowest BCUT2D eigenvalue weighted by Crippen LogP contribution is -2.29. The van der Waals surface area contributed by atoms with E-state index >= 15 is 0 Å². The number of halogens is 1. The molecule has 0 N–H and O–H groups in total. The fourth-order valence-corrected chi connectivity index (χ4v) is 1.26. The summed E-state index contributed by atoms with van der Waals surface area (Å²) in [4.78, 5) is 0. The van der Waals surface area contributed by atoms with Crippen molar-refractivity contribution in [1.82, 2.24) is 0 Å². The normalized spacial score (nSPS) is 13.0. The third kappa shape index (κ3) is 10.6. The standard InChI is InChI=1S/C9H19ClO5S/c1-9(2,13-3)8-15-5-4-14-6-7-16(10,11)12/h4-8H2,1-3H3. The lowest BCUT2D eigenvalue weighted by Gasteiger charge is -2.22. The summed E-state index contributed by atoms with van der Waals surface area (Å²) in [5.41, 5.74) is -0.320. The van der Waals surface area contributed by atoms with Gasteiger partial charge in [0, 0.05) is 17.8 Å². The van der Waals surface area contributed by atoms with Gasteiger partial charge in [0.05, 0.1) is 37.8 Å². The molecule has 0 aliphatic carbocycles. The quantitative estimate of drug-likeness (QED) is 0.464. The van der Waals surface area contributed by atoms with Crippen molar-refractivity contribution in [1.29, 1.82) is 0 Å². The molecule has 5 nitrogen and oxygen atoms in total. The van der Waals surface area contributed by atoms with Crippen LogP contribution in [0, 0.1) is 0 Å². The summed E-state index contributed by atoms with van der Waals surface area (Å²) in [6.07, 6.45) is 0. The van der Waals surface area contributed by atoms with Gasteiger partial charge in [-0.15, -0.1) is 0 Å². The molecule has 0 saturated heterocycles. The van der Waals surface area contributed by atoms with E-state index in [9.17, 15) is 8.42 Å². The van der Waals surface area contributed by atoms with Crippen molar-refractivity contribution in [2.75, 3.05) is 39.3 Å². The van der Waals surface area contributed by atoms with Gasteiger partial charge in [-0.25, -0.2) is 8.42 Å². The summed E-state index contributed by atoms with van der Waals surface area (Å²) < 4.78 is 36.5. The SMILES string of the molecule is COC(C)(C)COCCOCCS(=O)(=O)Cl. The zero-order valence-corrected chi connectivity index (χ0v) is 11.4. The van der Waals surface area contributed by atoms with Crippen LogP contribution in [0.25, 0.3) is 0 Å². The molecule has 0 aliphatic rings. The van der Waals surface area contributed by atoms with Crippen LogP contribution in [0.2, 0.25) is 0 Å². The van der Waals surface area contributed by atoms with Gasteiger partial charge in [0.1, 0.15) is 0 Å². The van der Waals surface area contributed by atoms with Crippen molar-refractivity contribution in [3.8, 4) is 0 Å². The molecule has 0 amide bonds. The van der Waals surface area contributed by atoms with Crippen LogP contribution in [0.15, 0.2) is 0 Å². The number of ether oxygens (including phenoxy) is 3. The maximum absolute atomic E-state index is 10.5. The molecule has 0 fully saturated rings. The summed E-state index contributed by atoms with van der Waals surface area (Å²) in [5.74, 6) is -0.182. The Bertz CT molecular complexity index is 276. The molecule has 16 heavy (non-hydrogen) atoms. The van der Waals surface area contributed by atoms with Gasteiger partial charge in [-0.05, 0) is 13.8 Å². The average Bonchev–Trinajstić information content (AvgIpc) is 2.14. The van der Waals surface area contributed by atoms with E-state index in [0.29, 0.717) is 19.8 Å². The minimum Gasteiger partial charge on any atom is -0.378 e. The molecular weight excluding hydrogens is 256 g/mol. The van der Waals surface area contributed by atoms with Gasteiger partial charge < -0.3 is 14.2 Å². The molecule has 0 aliphatic heterocycles. The first-order valence-electron chi connectivity index (χ1n) is 4.90. The van der Waals surface area contributed by atoms with Crippen LogP contribution in [0.5, 0.6) is 0 Å². The third-order valence-corrected chi connectivity index (χ3v) is 2.96. The molecule has 0 saturated carbocycles. The molecule has 98 valence electrons. The summed E-state index contributed by atoms with van der Waals surface area (Å²) in [7, 11) is 3.15. The first kappa shape index (κ1) is 16.1. The summed E-state index contributed by atoms with van der Waals surface area (Å²) in [6, 6.07) is 0. The van der Waals surface area contributed by atoms with Crippen LogP contribution in [-0.4, -0.2) is 53.3 Å². The van der Waals surface area contributed by atoms with Gasteiger partial charge in [0.2, 0.25) is 9.05 Å². The predicted molar refractivity (Wildman–Crippen MR) is 62.4 cm³/mol. The molecular formula is C9H19ClO5S. The summed E-state index contributed by atoms with van der Waals surface area (Å²) in [5, 5.41) is 0. The van der Waals surface area contributed by atoms with E-state index in [-0.39, 0.29) is 18.0 Å². The maximum atomic E-state index is 10.5. The van der Waals surface area contributed by atoms with Crippen LogP contribution in [-0.2, 0) is 23.3 Å². The Kier molecular flexibility index (Phi) is 7.50. The van der Waals surface area contributed by atoms with Gasteiger partial charge in [-0.1, -0.05) is 0 Å². The predicted octanol–water partition coefficient (Wildman–Crippen LogP) is 1.01. The van der Waals surface area contributed by atoms with E-state index in [2.05, 4.69) is 0 Å². The Labute approximate surface area is 101 Å². The third-order valence-electron chi connectivity index (χ3n) is 1.85. The van der Waals surface area contributed by atoms with Crippen LogP contribution < -0.4 is 0 Å². The van der Waals surface area contributed by atoms with E-state index in [1.165, 1.54) is 0 Å². The smallest absolute Gasteiger partial charge is 0.234 e. The molecule has 0 bridgehead atoms. The zero-order chi connectivity index (χ0) is 12.7. The highest BCUT2D eigenvalue weighted by Crippen LogP contribution is 2.06. The Morgan fingerprint density at radius 1 is 1.12 bits per heavy atom. The van der Waals surface area contributed by atoms with Crippen LogP contribution in [0.1, 0.15) is 13.8 Å². The van der Waals surface area contributed by atoms with Crippen LogP contribution in [0.4, 0.5) is 0 Å². The Hall–Kier alpha value is 0.120. The number of hydrogen-bond acceptors (Lipinski definition) is 5. The molecule has 0 rings (SSSR count). The number of methoxy groups -OCH3 is 1. The van der Waals surface area contributed by atoms with Gasteiger partial charge in [-0.3, -0.25) is 0 Å². The first-order chi connectivity index (χ1) is 7.27. The highest BCUT2D eigenvalue weighted by atomic mass is 35.7. The Morgan fingerprint density at radius 3 is 2.19 bits per heavy atom. The van der Waals surface area contributed by atoms with Crippen molar-refractivity contribution < 1.29 is 22.6 Å². The van der Waals surface area contributed by atoms with Gasteiger partial charge in [0.25, 0.3) is 0 Å². The monoisotopic (exact) mass is 274 g/mol. The molecule has 0 aromatic carbocycles.